The van der Waals surface area contributed by atoms with E-state index in [1.54, 1.807) is 0 Å². The molecule has 86 valence electrons. The predicted octanol–water partition coefficient (Wildman–Crippen LogP) is 4.36. The lowest BCUT2D eigenvalue weighted by Gasteiger charge is -2.09. The quantitative estimate of drug-likeness (QED) is 0.700. The summed E-state index contributed by atoms with van der Waals surface area (Å²) in [6.07, 6.45) is 0.961. The van der Waals surface area contributed by atoms with Crippen molar-refractivity contribution in [2.45, 2.75) is 13.3 Å². The van der Waals surface area contributed by atoms with Crippen LogP contribution >= 0.6 is 15.9 Å². The van der Waals surface area contributed by atoms with Crippen molar-refractivity contribution >= 4 is 15.9 Å². The number of ether oxygens (including phenoxy) is 1. The highest BCUT2D eigenvalue weighted by Gasteiger charge is 2.15. The third-order valence-corrected chi connectivity index (χ3v) is 3.62. The third kappa shape index (κ3) is 1.98. The fraction of sp³-hybridized carbons (Fsp3) is 0.200. The minimum atomic E-state index is 0.750. The average molecular weight is 289 g/mol. The predicted molar refractivity (Wildman–Crippen MR) is 73.5 cm³/mol. The fourth-order valence-corrected chi connectivity index (χ4v) is 2.68. The first-order valence-corrected chi connectivity index (χ1v) is 6.55. The highest BCUT2D eigenvalue weighted by atomic mass is 79.9. The molecule has 0 saturated heterocycles. The number of benzene rings is 2. The molecule has 0 aromatic heterocycles. The van der Waals surface area contributed by atoms with Gasteiger partial charge in [-0.3, -0.25) is 0 Å². The molecule has 2 heteroatoms. The molecule has 0 radical (unpaired) electrons. The van der Waals surface area contributed by atoms with Crippen molar-refractivity contribution in [2.24, 2.45) is 0 Å². The topological polar surface area (TPSA) is 9.23 Å². The minimum Gasteiger partial charge on any atom is -0.493 e. The molecule has 1 aliphatic heterocycles. The van der Waals surface area contributed by atoms with Gasteiger partial charge in [0.2, 0.25) is 0 Å². The van der Waals surface area contributed by atoms with Crippen LogP contribution in [0.4, 0.5) is 0 Å². The van der Waals surface area contributed by atoms with E-state index >= 15 is 0 Å². The van der Waals surface area contributed by atoms with Crippen LogP contribution in [0.5, 0.6) is 5.75 Å². The standard InChI is InChI=1S/C15H13BrO/c1-10-2-4-14-13-5-3-12(16)9-11(13)6-7-17-15(14)8-10/h2-5,8-9H,6-7H2,1H3. The maximum Gasteiger partial charge on any atom is 0.127 e. The van der Waals surface area contributed by atoms with E-state index in [1.165, 1.54) is 22.3 Å². The van der Waals surface area contributed by atoms with Gasteiger partial charge in [-0.05, 0) is 41.8 Å². The van der Waals surface area contributed by atoms with E-state index < -0.39 is 0 Å². The first kappa shape index (κ1) is 10.8. The number of hydrogen-bond acceptors (Lipinski definition) is 1. The summed E-state index contributed by atoms with van der Waals surface area (Å²) in [5.74, 6) is 1.01. The van der Waals surface area contributed by atoms with Gasteiger partial charge in [0.1, 0.15) is 5.75 Å². The van der Waals surface area contributed by atoms with E-state index in [9.17, 15) is 0 Å². The molecule has 0 saturated carbocycles. The Balaban J connectivity index is 2.24. The number of halogens is 1. The Morgan fingerprint density at radius 2 is 1.88 bits per heavy atom. The zero-order valence-electron chi connectivity index (χ0n) is 9.66. The molecule has 1 aliphatic rings. The first-order valence-electron chi connectivity index (χ1n) is 5.76. The van der Waals surface area contributed by atoms with Gasteiger partial charge >= 0.3 is 0 Å². The summed E-state index contributed by atoms with van der Waals surface area (Å²) in [6.45, 7) is 2.84. The molecule has 0 N–H and O–H groups in total. The van der Waals surface area contributed by atoms with Crippen molar-refractivity contribution in [3.8, 4) is 16.9 Å². The van der Waals surface area contributed by atoms with E-state index in [0.717, 1.165) is 23.2 Å². The maximum absolute atomic E-state index is 5.84. The Hall–Kier alpha value is -1.28. The first-order chi connectivity index (χ1) is 8.24. The summed E-state index contributed by atoms with van der Waals surface area (Å²) in [5, 5.41) is 0. The van der Waals surface area contributed by atoms with E-state index in [1.807, 2.05) is 0 Å². The second-order valence-corrected chi connectivity index (χ2v) is 5.32. The number of fused-ring (bicyclic) bond motifs is 3. The van der Waals surface area contributed by atoms with Crippen LogP contribution in [0.2, 0.25) is 0 Å². The minimum absolute atomic E-state index is 0.750. The second kappa shape index (κ2) is 4.19. The highest BCUT2D eigenvalue weighted by molar-refractivity contribution is 9.10. The molecule has 3 rings (SSSR count). The molecule has 17 heavy (non-hydrogen) atoms. The average Bonchev–Trinajstić information content (AvgIpc) is 2.47. The molecule has 0 unspecified atom stereocenters. The number of aryl methyl sites for hydroxylation is 1. The van der Waals surface area contributed by atoms with Crippen LogP contribution in [0.1, 0.15) is 11.1 Å². The molecule has 1 heterocycles. The van der Waals surface area contributed by atoms with Crippen LogP contribution in [-0.2, 0) is 6.42 Å². The van der Waals surface area contributed by atoms with Crippen LogP contribution in [0.25, 0.3) is 11.1 Å². The largest absolute Gasteiger partial charge is 0.493 e. The SMILES string of the molecule is Cc1ccc2c(c1)OCCc1cc(Br)ccc1-2. The van der Waals surface area contributed by atoms with E-state index in [0.29, 0.717) is 0 Å². The summed E-state index contributed by atoms with van der Waals surface area (Å²) in [4.78, 5) is 0. The summed E-state index contributed by atoms with van der Waals surface area (Å²) in [5.41, 5.74) is 5.09. The van der Waals surface area contributed by atoms with Crippen LogP contribution < -0.4 is 4.74 Å². The maximum atomic E-state index is 5.84. The second-order valence-electron chi connectivity index (χ2n) is 4.40. The van der Waals surface area contributed by atoms with Gasteiger partial charge in [0, 0.05) is 16.5 Å². The molecule has 0 fully saturated rings. The summed E-state index contributed by atoms with van der Waals surface area (Å²) < 4.78 is 6.97. The molecule has 0 amide bonds. The van der Waals surface area contributed by atoms with Crippen molar-refractivity contribution < 1.29 is 4.74 Å². The molecule has 0 spiro atoms. The van der Waals surface area contributed by atoms with Gasteiger partial charge in [-0.1, -0.05) is 34.1 Å². The van der Waals surface area contributed by atoms with Gasteiger partial charge in [0.15, 0.2) is 0 Å². The van der Waals surface area contributed by atoms with Crippen LogP contribution in [0, 0.1) is 6.92 Å². The Morgan fingerprint density at radius 1 is 1.06 bits per heavy atom. The zero-order valence-corrected chi connectivity index (χ0v) is 11.3. The summed E-state index contributed by atoms with van der Waals surface area (Å²) >= 11 is 3.53. The highest BCUT2D eigenvalue weighted by Crippen LogP contribution is 2.36. The van der Waals surface area contributed by atoms with Gasteiger partial charge < -0.3 is 4.74 Å². The lowest BCUT2D eigenvalue weighted by molar-refractivity contribution is 0.326. The summed E-state index contributed by atoms with van der Waals surface area (Å²) in [7, 11) is 0. The lowest BCUT2D eigenvalue weighted by Crippen LogP contribution is -1.98. The van der Waals surface area contributed by atoms with Crippen molar-refractivity contribution in [3.05, 3.63) is 52.0 Å². The fourth-order valence-electron chi connectivity index (χ4n) is 2.27. The van der Waals surface area contributed by atoms with Crippen molar-refractivity contribution in [3.63, 3.8) is 0 Å². The van der Waals surface area contributed by atoms with Crippen LogP contribution in [-0.4, -0.2) is 6.61 Å². The molecular formula is C15H13BrO. The molecular weight excluding hydrogens is 276 g/mol. The van der Waals surface area contributed by atoms with E-state index in [2.05, 4.69) is 59.3 Å². The van der Waals surface area contributed by atoms with Crippen LogP contribution in [0.3, 0.4) is 0 Å². The monoisotopic (exact) mass is 288 g/mol. The molecule has 0 aliphatic carbocycles. The van der Waals surface area contributed by atoms with E-state index in [4.69, 9.17) is 4.74 Å². The van der Waals surface area contributed by atoms with Crippen LogP contribution in [0.15, 0.2) is 40.9 Å². The third-order valence-electron chi connectivity index (χ3n) is 3.12. The smallest absolute Gasteiger partial charge is 0.127 e. The Bertz CT molecular complexity index is 524. The van der Waals surface area contributed by atoms with Crippen molar-refractivity contribution in [1.82, 2.24) is 0 Å². The molecule has 2 aromatic rings. The normalized spacial score (nSPS) is 13.3. The van der Waals surface area contributed by atoms with Gasteiger partial charge in [-0.2, -0.15) is 0 Å². The van der Waals surface area contributed by atoms with Gasteiger partial charge in [0.05, 0.1) is 6.61 Å². The molecule has 2 aromatic carbocycles. The number of rotatable bonds is 0. The van der Waals surface area contributed by atoms with Crippen molar-refractivity contribution in [1.29, 1.82) is 0 Å². The molecule has 1 nitrogen and oxygen atoms in total. The Labute approximate surface area is 110 Å². The lowest BCUT2D eigenvalue weighted by atomic mass is 9.97. The molecule has 0 bridgehead atoms. The zero-order chi connectivity index (χ0) is 11.8. The van der Waals surface area contributed by atoms with E-state index in [-0.39, 0.29) is 0 Å². The Kier molecular flexibility index (Phi) is 2.67. The van der Waals surface area contributed by atoms with Crippen molar-refractivity contribution in [2.75, 3.05) is 6.61 Å². The van der Waals surface area contributed by atoms with Gasteiger partial charge in [-0.25, -0.2) is 0 Å². The summed E-state index contributed by atoms with van der Waals surface area (Å²) in [6, 6.07) is 12.9. The van der Waals surface area contributed by atoms with Gasteiger partial charge in [-0.15, -0.1) is 0 Å². The number of hydrogen-bond donors (Lipinski definition) is 0. The Morgan fingerprint density at radius 3 is 2.76 bits per heavy atom. The van der Waals surface area contributed by atoms with Gasteiger partial charge in [0.25, 0.3) is 0 Å². The molecule has 0 atom stereocenters.